The Bertz CT molecular complexity index is 707. The molecular weight excluding hydrogens is 292 g/mol. The highest BCUT2D eigenvalue weighted by molar-refractivity contribution is 5.91. The first-order chi connectivity index (χ1) is 11.1. The van der Waals surface area contributed by atoms with Gasteiger partial charge in [-0.1, -0.05) is 12.1 Å². The third-order valence-electron chi connectivity index (χ3n) is 4.03. The molecule has 0 saturated heterocycles. The van der Waals surface area contributed by atoms with Crippen LogP contribution in [0.4, 0.5) is 5.69 Å². The van der Waals surface area contributed by atoms with Crippen LogP contribution < -0.4 is 10.2 Å². The van der Waals surface area contributed by atoms with Gasteiger partial charge >= 0.3 is 0 Å². The van der Waals surface area contributed by atoms with Gasteiger partial charge in [-0.3, -0.25) is 4.79 Å². The van der Waals surface area contributed by atoms with Crippen LogP contribution in [0.5, 0.6) is 0 Å². The summed E-state index contributed by atoms with van der Waals surface area (Å²) in [5.74, 6) is 0.352. The third kappa shape index (κ3) is 3.63. The lowest BCUT2D eigenvalue weighted by Crippen LogP contribution is -2.26. The Morgan fingerprint density at radius 1 is 1.48 bits per heavy atom. The number of anilines is 1. The number of aliphatic hydroxyl groups is 1. The highest BCUT2D eigenvalue weighted by Gasteiger charge is 2.17. The van der Waals surface area contributed by atoms with E-state index < -0.39 is 6.10 Å². The fraction of sp³-hybridized carbons (Fsp3) is 0.278. The maximum atomic E-state index is 11.7. The van der Waals surface area contributed by atoms with Crippen molar-refractivity contribution in [2.75, 3.05) is 25.0 Å². The third-order valence-corrected chi connectivity index (χ3v) is 4.03. The van der Waals surface area contributed by atoms with Crippen LogP contribution in [0.2, 0.25) is 0 Å². The van der Waals surface area contributed by atoms with Crippen molar-refractivity contribution in [3.05, 3.63) is 59.6 Å². The van der Waals surface area contributed by atoms with E-state index in [2.05, 4.69) is 17.3 Å². The molecule has 5 nitrogen and oxygen atoms in total. The summed E-state index contributed by atoms with van der Waals surface area (Å²) in [7, 11) is 2.06. The highest BCUT2D eigenvalue weighted by Crippen LogP contribution is 2.29. The molecule has 1 aliphatic rings. The van der Waals surface area contributed by atoms with Crippen LogP contribution in [0.1, 0.15) is 23.0 Å². The Labute approximate surface area is 135 Å². The molecule has 0 aliphatic carbocycles. The maximum Gasteiger partial charge on any atom is 0.244 e. The molecule has 0 spiro atoms. The minimum Gasteiger partial charge on any atom is -0.465 e. The van der Waals surface area contributed by atoms with Gasteiger partial charge in [0.2, 0.25) is 5.91 Å². The van der Waals surface area contributed by atoms with Crippen molar-refractivity contribution in [2.45, 2.75) is 12.5 Å². The van der Waals surface area contributed by atoms with Gasteiger partial charge < -0.3 is 19.7 Å². The van der Waals surface area contributed by atoms with Gasteiger partial charge in [0.05, 0.1) is 12.4 Å². The van der Waals surface area contributed by atoms with Crippen LogP contribution in [0.3, 0.4) is 0 Å². The summed E-state index contributed by atoms with van der Waals surface area (Å²) in [6.45, 7) is 1.18. The lowest BCUT2D eigenvalue weighted by molar-refractivity contribution is -0.116. The standard InChI is InChI=1S/C18H20N2O3/c1-20-9-8-13-11-14(4-6-16(13)20)17(21)12-19-18(22)7-5-15-3-2-10-23-15/h2-7,10-11,17,21H,8-9,12H2,1H3,(H,19,22)/b7-5+. The molecule has 0 saturated carbocycles. The molecule has 3 rings (SSSR count). The average Bonchev–Trinajstić information content (AvgIpc) is 3.20. The van der Waals surface area contributed by atoms with Crippen LogP contribution >= 0.6 is 0 Å². The topological polar surface area (TPSA) is 65.7 Å². The number of nitrogens with one attached hydrogen (secondary N) is 1. The zero-order valence-corrected chi connectivity index (χ0v) is 13.0. The van der Waals surface area contributed by atoms with Gasteiger partial charge in [0, 0.05) is 31.9 Å². The van der Waals surface area contributed by atoms with Crippen molar-refractivity contribution in [3.63, 3.8) is 0 Å². The van der Waals surface area contributed by atoms with E-state index in [1.165, 1.54) is 17.3 Å². The SMILES string of the molecule is CN1CCc2cc(C(O)CNC(=O)/C=C/c3ccco3)ccc21. The molecule has 120 valence electrons. The fourth-order valence-electron chi connectivity index (χ4n) is 2.71. The van der Waals surface area contributed by atoms with Gasteiger partial charge in [0.15, 0.2) is 0 Å². The molecule has 1 unspecified atom stereocenters. The molecule has 1 aromatic carbocycles. The van der Waals surface area contributed by atoms with Crippen molar-refractivity contribution in [3.8, 4) is 0 Å². The number of furan rings is 1. The Kier molecular flexibility index (Phi) is 4.48. The van der Waals surface area contributed by atoms with E-state index >= 15 is 0 Å². The first-order valence-corrected chi connectivity index (χ1v) is 7.65. The largest absolute Gasteiger partial charge is 0.465 e. The van der Waals surface area contributed by atoms with E-state index in [0.29, 0.717) is 5.76 Å². The van der Waals surface area contributed by atoms with Crippen molar-refractivity contribution in [2.24, 2.45) is 0 Å². The average molecular weight is 312 g/mol. The molecule has 1 aliphatic heterocycles. The van der Waals surface area contributed by atoms with Crippen LogP contribution in [0.25, 0.3) is 6.08 Å². The summed E-state index contributed by atoms with van der Waals surface area (Å²) in [6.07, 6.45) is 4.81. The van der Waals surface area contributed by atoms with Gasteiger partial charge in [-0.15, -0.1) is 0 Å². The van der Waals surface area contributed by atoms with E-state index in [0.717, 1.165) is 18.5 Å². The molecular formula is C18H20N2O3. The molecule has 5 heteroatoms. The number of rotatable bonds is 5. The molecule has 0 radical (unpaired) electrons. The van der Waals surface area contributed by atoms with Crippen molar-refractivity contribution in [1.82, 2.24) is 5.32 Å². The summed E-state index contributed by atoms with van der Waals surface area (Å²) in [5, 5.41) is 12.9. The van der Waals surface area contributed by atoms with Crippen LogP contribution in [-0.4, -0.2) is 31.2 Å². The van der Waals surface area contributed by atoms with Crippen molar-refractivity contribution in [1.29, 1.82) is 0 Å². The van der Waals surface area contributed by atoms with Crippen LogP contribution in [-0.2, 0) is 11.2 Å². The Hall–Kier alpha value is -2.53. The number of carbonyl (C=O) groups excluding carboxylic acids is 1. The van der Waals surface area contributed by atoms with Crippen LogP contribution in [0.15, 0.2) is 47.1 Å². The monoisotopic (exact) mass is 312 g/mol. The lowest BCUT2D eigenvalue weighted by atomic mass is 10.0. The van der Waals surface area contributed by atoms with E-state index in [1.54, 1.807) is 24.5 Å². The molecule has 23 heavy (non-hydrogen) atoms. The molecule has 1 atom stereocenters. The number of hydrogen-bond acceptors (Lipinski definition) is 4. The molecule has 2 aromatic rings. The Morgan fingerprint density at radius 2 is 2.35 bits per heavy atom. The number of nitrogens with zero attached hydrogens (tertiary/aromatic N) is 1. The van der Waals surface area contributed by atoms with E-state index in [4.69, 9.17) is 4.42 Å². The van der Waals surface area contributed by atoms with Gasteiger partial charge in [-0.2, -0.15) is 0 Å². The number of benzene rings is 1. The smallest absolute Gasteiger partial charge is 0.244 e. The number of hydrogen-bond donors (Lipinski definition) is 2. The first-order valence-electron chi connectivity index (χ1n) is 7.65. The summed E-state index contributed by atoms with van der Waals surface area (Å²) >= 11 is 0. The molecule has 1 aromatic heterocycles. The summed E-state index contributed by atoms with van der Waals surface area (Å²) in [6, 6.07) is 9.48. The normalized spacial score (nSPS) is 15.0. The van der Waals surface area contributed by atoms with Gasteiger partial charge in [-0.25, -0.2) is 0 Å². The van der Waals surface area contributed by atoms with E-state index in [1.807, 2.05) is 18.2 Å². The predicted molar refractivity (Wildman–Crippen MR) is 89.1 cm³/mol. The summed E-state index contributed by atoms with van der Waals surface area (Å²) < 4.78 is 5.11. The van der Waals surface area contributed by atoms with E-state index in [-0.39, 0.29) is 12.5 Å². The zero-order chi connectivity index (χ0) is 16.2. The molecule has 0 bridgehead atoms. The quantitative estimate of drug-likeness (QED) is 0.830. The Balaban J connectivity index is 1.55. The minimum absolute atomic E-state index is 0.177. The van der Waals surface area contributed by atoms with Crippen LogP contribution in [0, 0.1) is 0 Å². The number of carbonyl (C=O) groups is 1. The fourth-order valence-corrected chi connectivity index (χ4v) is 2.71. The molecule has 2 N–H and O–H groups in total. The van der Waals surface area contributed by atoms with Gasteiger partial charge in [-0.05, 0) is 41.8 Å². The highest BCUT2D eigenvalue weighted by atomic mass is 16.3. The minimum atomic E-state index is -0.716. The predicted octanol–water partition coefficient (Wildman–Crippen LogP) is 2.13. The maximum absolute atomic E-state index is 11.7. The second-order valence-corrected chi connectivity index (χ2v) is 5.67. The molecule has 0 fully saturated rings. The van der Waals surface area contributed by atoms with Crippen molar-refractivity contribution >= 4 is 17.7 Å². The van der Waals surface area contributed by atoms with Gasteiger partial charge in [0.1, 0.15) is 5.76 Å². The van der Waals surface area contributed by atoms with Gasteiger partial charge in [0.25, 0.3) is 0 Å². The number of amides is 1. The second kappa shape index (κ2) is 6.71. The summed E-state index contributed by atoms with van der Waals surface area (Å²) in [4.78, 5) is 13.9. The zero-order valence-electron chi connectivity index (χ0n) is 13.0. The first kappa shape index (κ1) is 15.4. The van der Waals surface area contributed by atoms with Crippen molar-refractivity contribution < 1.29 is 14.3 Å². The number of aliphatic hydroxyl groups excluding tert-OH is 1. The summed E-state index contributed by atoms with van der Waals surface area (Å²) in [5.41, 5.74) is 3.29. The second-order valence-electron chi connectivity index (χ2n) is 5.67. The number of fused-ring (bicyclic) bond motifs is 1. The van der Waals surface area contributed by atoms with E-state index in [9.17, 15) is 9.90 Å². The number of likely N-dealkylation sites (N-methyl/N-ethyl adjacent to an activating group) is 1. The molecule has 1 amide bonds. The molecule has 2 heterocycles. The Morgan fingerprint density at radius 3 is 3.13 bits per heavy atom. The lowest BCUT2D eigenvalue weighted by Gasteiger charge is -2.15.